The van der Waals surface area contributed by atoms with Gasteiger partial charge in [-0.2, -0.15) is 0 Å². The molecule has 7 heteroatoms. The third kappa shape index (κ3) is 4.39. The molecule has 0 spiro atoms. The van der Waals surface area contributed by atoms with Crippen LogP contribution in [-0.2, 0) is 10.0 Å². The van der Waals surface area contributed by atoms with Crippen molar-refractivity contribution in [3.05, 3.63) is 59.4 Å². The summed E-state index contributed by atoms with van der Waals surface area (Å²) in [5.74, 6) is -0.830. The van der Waals surface area contributed by atoms with Crippen LogP contribution in [-0.4, -0.2) is 20.4 Å². The summed E-state index contributed by atoms with van der Waals surface area (Å²) < 4.78 is 40.1. The second-order valence-corrected chi connectivity index (χ2v) is 7.44. The minimum atomic E-state index is -3.68. The molecule has 0 atom stereocenters. The van der Waals surface area contributed by atoms with Gasteiger partial charge in [0.25, 0.3) is 5.91 Å². The molecule has 0 aromatic heterocycles. The summed E-state index contributed by atoms with van der Waals surface area (Å²) >= 11 is 0. The highest BCUT2D eigenvalue weighted by Gasteiger charge is 2.17. The van der Waals surface area contributed by atoms with Gasteiger partial charge in [-0.15, -0.1) is 0 Å². The van der Waals surface area contributed by atoms with Gasteiger partial charge in [0.05, 0.1) is 4.90 Å². The summed E-state index contributed by atoms with van der Waals surface area (Å²) in [5, 5.41) is 2.62. The van der Waals surface area contributed by atoms with E-state index < -0.39 is 15.9 Å². The molecular formula is C17H19FN2O3S. The van der Waals surface area contributed by atoms with E-state index in [9.17, 15) is 17.6 Å². The summed E-state index contributed by atoms with van der Waals surface area (Å²) in [4.78, 5) is 12.3. The summed E-state index contributed by atoms with van der Waals surface area (Å²) in [6.07, 6.45) is 0. The number of rotatable bonds is 5. The summed E-state index contributed by atoms with van der Waals surface area (Å²) in [7, 11) is -3.68. The molecule has 2 N–H and O–H groups in total. The van der Waals surface area contributed by atoms with Gasteiger partial charge in [-0.05, 0) is 62.7 Å². The van der Waals surface area contributed by atoms with E-state index in [1.54, 1.807) is 20.8 Å². The van der Waals surface area contributed by atoms with Crippen molar-refractivity contribution < 1.29 is 17.6 Å². The molecule has 0 heterocycles. The van der Waals surface area contributed by atoms with Crippen molar-refractivity contribution in [2.45, 2.75) is 31.7 Å². The number of halogens is 1. The SMILES string of the molecule is Cc1cc(NC(=O)c2cccc(S(=O)(=O)NC(C)C)c2)ccc1F. The van der Waals surface area contributed by atoms with E-state index in [-0.39, 0.29) is 22.3 Å². The highest BCUT2D eigenvalue weighted by atomic mass is 32.2. The molecule has 0 aliphatic heterocycles. The second-order valence-electron chi connectivity index (χ2n) is 5.72. The molecule has 128 valence electrons. The van der Waals surface area contributed by atoms with Gasteiger partial charge in [0, 0.05) is 17.3 Å². The molecule has 0 aliphatic rings. The fraction of sp³-hybridized carbons (Fsp3) is 0.235. The first kappa shape index (κ1) is 18.1. The van der Waals surface area contributed by atoms with E-state index in [0.717, 1.165) is 0 Å². The number of carbonyl (C=O) groups is 1. The topological polar surface area (TPSA) is 75.3 Å². The maximum atomic E-state index is 13.3. The molecule has 0 radical (unpaired) electrons. The van der Waals surface area contributed by atoms with E-state index in [2.05, 4.69) is 10.0 Å². The number of amides is 1. The maximum Gasteiger partial charge on any atom is 0.255 e. The minimum Gasteiger partial charge on any atom is -0.322 e. The zero-order valence-electron chi connectivity index (χ0n) is 13.6. The Balaban J connectivity index is 2.24. The molecule has 0 bridgehead atoms. The molecule has 0 saturated carbocycles. The van der Waals surface area contributed by atoms with Crippen LogP contribution in [0.1, 0.15) is 29.8 Å². The minimum absolute atomic E-state index is 0.0131. The van der Waals surface area contributed by atoms with Gasteiger partial charge in [-0.3, -0.25) is 4.79 Å². The van der Waals surface area contributed by atoms with Crippen LogP contribution in [0.3, 0.4) is 0 Å². The van der Waals surface area contributed by atoms with E-state index in [4.69, 9.17) is 0 Å². The summed E-state index contributed by atoms with van der Waals surface area (Å²) in [6.45, 7) is 5.02. The fourth-order valence-corrected chi connectivity index (χ4v) is 3.41. The number of hydrogen-bond donors (Lipinski definition) is 2. The Kier molecular flexibility index (Phi) is 5.36. The Bertz CT molecular complexity index is 864. The van der Waals surface area contributed by atoms with Crippen LogP contribution in [0.2, 0.25) is 0 Å². The van der Waals surface area contributed by atoms with E-state index in [1.165, 1.54) is 42.5 Å². The van der Waals surface area contributed by atoms with Gasteiger partial charge in [0.1, 0.15) is 5.82 Å². The molecule has 2 aromatic carbocycles. The number of sulfonamides is 1. The largest absolute Gasteiger partial charge is 0.322 e. The van der Waals surface area contributed by atoms with Gasteiger partial charge >= 0.3 is 0 Å². The average Bonchev–Trinajstić information content (AvgIpc) is 2.50. The number of aryl methyl sites for hydroxylation is 1. The molecule has 0 fully saturated rings. The van der Waals surface area contributed by atoms with Crippen molar-refractivity contribution in [1.29, 1.82) is 0 Å². The Morgan fingerprint density at radius 3 is 2.46 bits per heavy atom. The normalized spacial score (nSPS) is 11.5. The first-order valence-corrected chi connectivity index (χ1v) is 8.87. The standard InChI is InChI=1S/C17H19FN2O3S/c1-11(2)20-24(22,23)15-6-4-5-13(10-15)17(21)19-14-7-8-16(18)12(3)9-14/h4-11,20H,1-3H3,(H,19,21). The van der Waals surface area contributed by atoms with Crippen LogP contribution in [0.15, 0.2) is 47.4 Å². The Morgan fingerprint density at radius 1 is 1.12 bits per heavy atom. The van der Waals surface area contributed by atoms with Gasteiger partial charge in [0.15, 0.2) is 0 Å². The molecule has 2 aromatic rings. The number of anilines is 1. The van der Waals surface area contributed by atoms with Gasteiger partial charge in [-0.1, -0.05) is 6.07 Å². The Labute approximate surface area is 141 Å². The van der Waals surface area contributed by atoms with Crippen LogP contribution in [0.5, 0.6) is 0 Å². The first-order valence-electron chi connectivity index (χ1n) is 7.39. The van der Waals surface area contributed by atoms with Gasteiger partial charge < -0.3 is 5.32 Å². The van der Waals surface area contributed by atoms with Gasteiger partial charge in [0.2, 0.25) is 10.0 Å². The average molecular weight is 350 g/mol. The number of benzene rings is 2. The van der Waals surface area contributed by atoms with Crippen molar-refractivity contribution in [2.24, 2.45) is 0 Å². The van der Waals surface area contributed by atoms with Crippen LogP contribution in [0.25, 0.3) is 0 Å². The van der Waals surface area contributed by atoms with Crippen LogP contribution >= 0.6 is 0 Å². The lowest BCUT2D eigenvalue weighted by molar-refractivity contribution is 0.102. The molecule has 0 saturated heterocycles. The quantitative estimate of drug-likeness (QED) is 0.870. The summed E-state index contributed by atoms with van der Waals surface area (Å²) in [5.41, 5.74) is 1.04. The van der Waals surface area contributed by atoms with Crippen LogP contribution in [0, 0.1) is 12.7 Å². The zero-order chi connectivity index (χ0) is 17.9. The molecular weight excluding hydrogens is 331 g/mol. The lowest BCUT2D eigenvalue weighted by Crippen LogP contribution is -2.30. The van der Waals surface area contributed by atoms with E-state index in [1.807, 2.05) is 0 Å². The predicted molar refractivity (Wildman–Crippen MR) is 91.0 cm³/mol. The molecule has 5 nitrogen and oxygen atoms in total. The Hall–Kier alpha value is -2.25. The lowest BCUT2D eigenvalue weighted by atomic mass is 10.2. The number of nitrogens with one attached hydrogen (secondary N) is 2. The number of hydrogen-bond acceptors (Lipinski definition) is 3. The highest BCUT2D eigenvalue weighted by Crippen LogP contribution is 2.17. The third-order valence-corrected chi connectivity index (χ3v) is 4.87. The molecule has 0 unspecified atom stereocenters. The van der Waals surface area contributed by atoms with Crippen molar-refractivity contribution in [1.82, 2.24) is 4.72 Å². The third-order valence-electron chi connectivity index (χ3n) is 3.21. The molecule has 2 rings (SSSR count). The van der Waals surface area contributed by atoms with E-state index >= 15 is 0 Å². The van der Waals surface area contributed by atoms with Gasteiger partial charge in [-0.25, -0.2) is 17.5 Å². The Morgan fingerprint density at radius 2 is 1.83 bits per heavy atom. The smallest absolute Gasteiger partial charge is 0.255 e. The predicted octanol–water partition coefficient (Wildman–Crippen LogP) is 3.07. The monoisotopic (exact) mass is 350 g/mol. The zero-order valence-corrected chi connectivity index (χ0v) is 14.4. The van der Waals surface area contributed by atoms with Crippen molar-refractivity contribution in [2.75, 3.05) is 5.32 Å². The van der Waals surface area contributed by atoms with Crippen LogP contribution < -0.4 is 10.0 Å². The lowest BCUT2D eigenvalue weighted by Gasteiger charge is -2.11. The second kappa shape index (κ2) is 7.11. The molecule has 24 heavy (non-hydrogen) atoms. The fourth-order valence-electron chi connectivity index (χ4n) is 2.11. The van der Waals surface area contributed by atoms with Crippen molar-refractivity contribution >= 4 is 21.6 Å². The maximum absolute atomic E-state index is 13.3. The number of carbonyl (C=O) groups excluding carboxylic acids is 1. The molecule has 1 amide bonds. The highest BCUT2D eigenvalue weighted by molar-refractivity contribution is 7.89. The molecule has 0 aliphatic carbocycles. The van der Waals surface area contributed by atoms with Crippen LogP contribution in [0.4, 0.5) is 10.1 Å². The van der Waals surface area contributed by atoms with E-state index in [0.29, 0.717) is 11.3 Å². The summed E-state index contributed by atoms with van der Waals surface area (Å²) in [6, 6.07) is 9.70. The van der Waals surface area contributed by atoms with Crippen molar-refractivity contribution in [3.63, 3.8) is 0 Å². The first-order chi connectivity index (χ1) is 11.2. The van der Waals surface area contributed by atoms with Crippen molar-refractivity contribution in [3.8, 4) is 0 Å².